The molecule has 0 aromatic heterocycles. The van der Waals surface area contributed by atoms with E-state index in [-0.39, 0.29) is 37.1 Å². The molecule has 3 aromatic rings. The maximum absolute atomic E-state index is 15.2. The van der Waals surface area contributed by atoms with E-state index in [2.05, 4.69) is 10.1 Å². The lowest BCUT2D eigenvalue weighted by atomic mass is 9.73. The Balaban J connectivity index is 1.91. The van der Waals surface area contributed by atoms with Crippen LogP contribution in [0.4, 0.5) is 57.1 Å². The molecule has 298 valence electrons. The molecular weight excluding hydrogens is 769 g/mol. The van der Waals surface area contributed by atoms with Gasteiger partial charge in [0.05, 0.1) is 16.7 Å². The van der Waals surface area contributed by atoms with Crippen molar-refractivity contribution in [1.29, 1.82) is 0 Å². The predicted octanol–water partition coefficient (Wildman–Crippen LogP) is 11.0. The molecule has 0 spiro atoms. The Bertz CT molecular complexity index is 1940. The summed E-state index contributed by atoms with van der Waals surface area (Å²) in [4.78, 5) is 24.6. The van der Waals surface area contributed by atoms with E-state index in [1.54, 1.807) is 12.2 Å². The zero-order valence-corrected chi connectivity index (χ0v) is 28.1. The van der Waals surface area contributed by atoms with Gasteiger partial charge in [0.15, 0.2) is 0 Å². The number of ether oxygens (including phenoxy) is 1. The van der Waals surface area contributed by atoms with Crippen molar-refractivity contribution in [3.8, 4) is 5.75 Å². The molecule has 5 nitrogen and oxygen atoms in total. The van der Waals surface area contributed by atoms with Gasteiger partial charge >= 0.3 is 30.9 Å². The zero-order valence-electron chi connectivity index (χ0n) is 28.1. The monoisotopic (exact) mass is 799 g/mol. The molecule has 0 saturated heterocycles. The average Bonchev–Trinajstić information content (AvgIpc) is 3.07. The number of carboxylic acids is 1. The number of rotatable bonds is 15. The van der Waals surface area contributed by atoms with Gasteiger partial charge in [-0.15, -0.1) is 0 Å². The Morgan fingerprint density at radius 3 is 2.02 bits per heavy atom. The van der Waals surface area contributed by atoms with Crippen LogP contribution in [0.2, 0.25) is 0 Å². The number of alkyl halides is 10. The summed E-state index contributed by atoms with van der Waals surface area (Å²) in [6.07, 6.45) is -14.3. The van der Waals surface area contributed by atoms with Crippen LogP contribution in [0.1, 0.15) is 77.6 Å². The third-order valence-electron chi connectivity index (χ3n) is 8.69. The van der Waals surface area contributed by atoms with Gasteiger partial charge in [0.1, 0.15) is 23.2 Å². The van der Waals surface area contributed by atoms with Gasteiger partial charge in [-0.25, -0.2) is 13.2 Å². The maximum atomic E-state index is 15.2. The second-order valence-corrected chi connectivity index (χ2v) is 12.7. The highest BCUT2D eigenvalue weighted by Gasteiger charge is 2.46. The number of benzene rings is 3. The van der Waals surface area contributed by atoms with Crippen LogP contribution >= 0.6 is 0 Å². The molecule has 0 fully saturated rings. The summed E-state index contributed by atoms with van der Waals surface area (Å²) in [5, 5.41) is 11.1. The number of hydrogen-bond acceptors (Lipinski definition) is 3. The lowest BCUT2D eigenvalue weighted by Crippen LogP contribution is -2.48. The van der Waals surface area contributed by atoms with Crippen LogP contribution in [0.3, 0.4) is 0 Å². The minimum Gasteiger partial charge on any atom is -0.481 e. The Morgan fingerprint density at radius 2 is 1.44 bits per heavy atom. The number of aliphatic carboxylic acids is 1. The summed E-state index contributed by atoms with van der Waals surface area (Å²) in [6, 6.07) is 3.40. The predicted molar refractivity (Wildman–Crippen MR) is 170 cm³/mol. The molecule has 1 aliphatic carbocycles. The molecule has 2 N–H and O–H groups in total. The van der Waals surface area contributed by atoms with Crippen molar-refractivity contribution in [2.24, 2.45) is 5.92 Å². The summed E-state index contributed by atoms with van der Waals surface area (Å²) in [5.41, 5.74) is -8.08. The van der Waals surface area contributed by atoms with Crippen molar-refractivity contribution in [2.75, 3.05) is 0 Å². The van der Waals surface area contributed by atoms with Crippen LogP contribution in [0.5, 0.6) is 5.75 Å². The first-order chi connectivity index (χ1) is 25.5. The fraction of sp³-hybridized carbons (Fsp3) is 0.351. The number of amides is 1. The van der Waals surface area contributed by atoms with Crippen LogP contribution in [-0.2, 0) is 22.7 Å². The van der Waals surface area contributed by atoms with Crippen molar-refractivity contribution < 1.29 is 76.5 Å². The average molecular weight is 800 g/mol. The lowest BCUT2D eigenvalue weighted by Gasteiger charge is -2.39. The fourth-order valence-electron chi connectivity index (χ4n) is 6.05. The highest BCUT2D eigenvalue weighted by atomic mass is 19.4. The maximum Gasteiger partial charge on any atom is 0.461 e. The molecule has 3 aromatic carbocycles. The molecule has 1 unspecified atom stereocenters. The van der Waals surface area contributed by atoms with E-state index >= 15 is 4.39 Å². The summed E-state index contributed by atoms with van der Waals surface area (Å²) < 4.78 is 185. The third-order valence-corrected chi connectivity index (χ3v) is 8.69. The molecule has 0 saturated carbocycles. The van der Waals surface area contributed by atoms with E-state index in [9.17, 15) is 62.3 Å². The number of hydrogen-bond donors (Lipinski definition) is 2. The van der Waals surface area contributed by atoms with Gasteiger partial charge < -0.3 is 15.2 Å². The number of carbonyl (C=O) groups excluding carboxylic acids is 1. The lowest BCUT2D eigenvalue weighted by molar-refractivity contribution is -0.253. The topological polar surface area (TPSA) is 75.6 Å². The van der Waals surface area contributed by atoms with Gasteiger partial charge in [0.2, 0.25) is 0 Å². The number of nitrogens with one attached hydrogen (secondary N) is 1. The quantitative estimate of drug-likeness (QED) is 0.119. The van der Waals surface area contributed by atoms with Gasteiger partial charge in [0.25, 0.3) is 5.91 Å². The Labute approximate surface area is 304 Å². The molecule has 0 radical (unpaired) electrons. The first-order valence-corrected chi connectivity index (χ1v) is 16.3. The molecule has 55 heavy (non-hydrogen) atoms. The van der Waals surface area contributed by atoms with Crippen molar-refractivity contribution in [3.63, 3.8) is 0 Å². The van der Waals surface area contributed by atoms with Crippen molar-refractivity contribution >= 4 is 11.9 Å². The Hall–Kier alpha value is -5.03. The van der Waals surface area contributed by atoms with Gasteiger partial charge in [-0.05, 0) is 91.6 Å². The largest absolute Gasteiger partial charge is 0.481 e. The highest BCUT2D eigenvalue weighted by Crippen LogP contribution is 2.44. The van der Waals surface area contributed by atoms with Crippen LogP contribution in [0.15, 0.2) is 78.4 Å². The van der Waals surface area contributed by atoms with E-state index < -0.39 is 106 Å². The van der Waals surface area contributed by atoms with Crippen molar-refractivity contribution in [1.82, 2.24) is 5.32 Å². The molecule has 18 heteroatoms. The van der Waals surface area contributed by atoms with Gasteiger partial charge in [-0.2, -0.15) is 43.9 Å². The summed E-state index contributed by atoms with van der Waals surface area (Å²) in [5.74, 6) is -9.79. The summed E-state index contributed by atoms with van der Waals surface area (Å²) in [6.45, 7) is 0. The molecule has 0 aliphatic heterocycles. The minimum atomic E-state index is -5.41. The summed E-state index contributed by atoms with van der Waals surface area (Å²) >= 11 is 0. The van der Waals surface area contributed by atoms with E-state index in [4.69, 9.17) is 5.11 Å². The highest BCUT2D eigenvalue weighted by molar-refractivity contribution is 5.95. The molecule has 1 amide bonds. The smallest absolute Gasteiger partial charge is 0.461 e. The molecule has 0 bridgehead atoms. The molecular formula is C37H30F13NO4. The number of halogens is 13. The number of carbonyl (C=O) groups is 2. The van der Waals surface area contributed by atoms with Crippen LogP contribution in [0, 0.1) is 23.4 Å². The van der Waals surface area contributed by atoms with E-state index in [1.807, 2.05) is 0 Å². The van der Waals surface area contributed by atoms with E-state index in [1.165, 1.54) is 6.08 Å². The van der Waals surface area contributed by atoms with Crippen molar-refractivity contribution in [2.45, 2.75) is 75.4 Å². The SMILES string of the molecule is O=C(O)CCCCCC1=CCC(C[C@](NC(=O)c2ccc(F)c(C(F)(F)F)c2)(c2cc(F)cc(OC(F)(F)C(F)F)c2)c2ccc(F)c(C(F)(F)F)c2)C=C1. The number of carboxylic acid groups (broad SMARTS) is 1. The second kappa shape index (κ2) is 16.8. The van der Waals surface area contributed by atoms with Crippen LogP contribution in [0.25, 0.3) is 0 Å². The third kappa shape index (κ3) is 10.8. The van der Waals surface area contributed by atoms with E-state index in [0.717, 1.165) is 5.57 Å². The second-order valence-electron chi connectivity index (χ2n) is 12.7. The van der Waals surface area contributed by atoms with Crippen LogP contribution < -0.4 is 10.1 Å². The zero-order chi connectivity index (χ0) is 40.9. The molecule has 4 rings (SSSR count). The first kappa shape index (κ1) is 42.7. The molecule has 0 heterocycles. The van der Waals surface area contributed by atoms with Gasteiger partial charge in [-0.1, -0.05) is 36.3 Å². The van der Waals surface area contributed by atoms with Gasteiger partial charge in [-0.3, -0.25) is 9.59 Å². The molecule has 2 atom stereocenters. The van der Waals surface area contributed by atoms with E-state index in [0.29, 0.717) is 56.0 Å². The Morgan fingerprint density at radius 1 is 0.800 bits per heavy atom. The Kier molecular flexibility index (Phi) is 13.0. The summed E-state index contributed by atoms with van der Waals surface area (Å²) in [7, 11) is 0. The van der Waals surface area contributed by atoms with Crippen LogP contribution in [-0.4, -0.2) is 29.5 Å². The fourth-order valence-corrected chi connectivity index (χ4v) is 6.05. The molecule has 1 aliphatic rings. The standard InChI is InChI=1S/C37H30F13NO4/c38-25-15-24(16-26(18-25)55-37(49,50)33(41)42)34(23-11-13-30(40)28(17-23)36(46,47)48,51-32(54)22-10-12-29(39)27(14-22)35(43,44)45)19-21-8-6-20(7-9-21)4-2-1-3-5-31(52)53/h6-8,10-18,21,33H,1-5,9,19H2,(H,51,54)(H,52,53)/t21?,34-/m1/s1. The first-order valence-electron chi connectivity index (χ1n) is 16.3. The number of unbranched alkanes of at least 4 members (excludes halogenated alkanes) is 2. The van der Waals surface area contributed by atoms with Crippen molar-refractivity contribution in [3.05, 3.63) is 124 Å². The van der Waals surface area contributed by atoms with Gasteiger partial charge in [0, 0.05) is 18.1 Å². The minimum absolute atomic E-state index is 0.0444. The normalized spacial score (nSPS) is 16.1. The number of allylic oxidation sites excluding steroid dienone is 4.